The zero-order valence-electron chi connectivity index (χ0n) is 10.9. The molecule has 1 aliphatic rings. The molecule has 0 aromatic heterocycles. The highest BCUT2D eigenvalue weighted by Crippen LogP contribution is 2.33. The van der Waals surface area contributed by atoms with Crippen LogP contribution >= 0.6 is 43.5 Å². The van der Waals surface area contributed by atoms with Crippen molar-refractivity contribution in [1.29, 1.82) is 0 Å². The van der Waals surface area contributed by atoms with Crippen molar-refractivity contribution >= 4 is 53.5 Å². The molecule has 0 amide bonds. The van der Waals surface area contributed by atoms with Crippen LogP contribution in [0.1, 0.15) is 25.7 Å². The minimum absolute atomic E-state index is 0.0737. The van der Waals surface area contributed by atoms with Crippen LogP contribution in [0.5, 0.6) is 0 Å². The summed E-state index contributed by atoms with van der Waals surface area (Å²) in [6.45, 7) is 0.355. The largest absolute Gasteiger partial charge is 0.244 e. The lowest BCUT2D eigenvalue weighted by Crippen LogP contribution is -2.40. The summed E-state index contributed by atoms with van der Waals surface area (Å²) in [5.74, 6) is 0.307. The molecule has 0 aliphatic heterocycles. The summed E-state index contributed by atoms with van der Waals surface area (Å²) >= 11 is 12.5. The number of hydrogen-bond donors (Lipinski definition) is 0. The first-order chi connectivity index (χ1) is 9.46. The van der Waals surface area contributed by atoms with Gasteiger partial charge in [0.2, 0.25) is 10.0 Å². The van der Waals surface area contributed by atoms with E-state index in [9.17, 15) is 8.42 Å². The Labute approximate surface area is 142 Å². The van der Waals surface area contributed by atoms with Crippen LogP contribution in [0.25, 0.3) is 0 Å². The second-order valence-corrected chi connectivity index (χ2v) is 8.82. The molecule has 1 fully saturated rings. The summed E-state index contributed by atoms with van der Waals surface area (Å²) in [5.41, 5.74) is 0. The fourth-order valence-electron chi connectivity index (χ4n) is 2.58. The van der Waals surface area contributed by atoms with Crippen molar-refractivity contribution in [1.82, 2.24) is 4.31 Å². The number of rotatable bonds is 5. The highest BCUT2D eigenvalue weighted by molar-refractivity contribution is 9.11. The Bertz CT molecular complexity index is 574. The van der Waals surface area contributed by atoms with Gasteiger partial charge in [-0.15, -0.1) is 11.6 Å². The van der Waals surface area contributed by atoms with E-state index >= 15 is 0 Å². The van der Waals surface area contributed by atoms with Crippen LogP contribution in [0, 0.1) is 0 Å². The maximum absolute atomic E-state index is 12.9. The highest BCUT2D eigenvalue weighted by atomic mass is 79.9. The summed E-state index contributed by atoms with van der Waals surface area (Å²) in [4.78, 5) is 0.295. The topological polar surface area (TPSA) is 37.4 Å². The molecule has 0 radical (unpaired) electrons. The van der Waals surface area contributed by atoms with Gasteiger partial charge in [0.1, 0.15) is 0 Å². The van der Waals surface area contributed by atoms with Gasteiger partial charge in [0.05, 0.1) is 4.90 Å². The first-order valence-corrected chi connectivity index (χ1v) is 10.1. The number of hydrogen-bond acceptors (Lipinski definition) is 2. The minimum atomic E-state index is -3.53. The number of alkyl halides is 1. The monoisotopic (exact) mass is 443 g/mol. The lowest BCUT2D eigenvalue weighted by atomic mass is 10.2. The van der Waals surface area contributed by atoms with E-state index in [4.69, 9.17) is 11.6 Å². The van der Waals surface area contributed by atoms with Crippen molar-refractivity contribution in [3.05, 3.63) is 27.1 Å². The fourth-order valence-corrected chi connectivity index (χ4v) is 6.01. The van der Waals surface area contributed by atoms with Gasteiger partial charge in [0.15, 0.2) is 0 Å². The molecule has 0 N–H and O–H groups in total. The molecule has 0 bridgehead atoms. The standard InChI is InChI=1S/C13H16Br2ClNO2S/c14-10-5-6-12(15)13(9-10)20(18,19)17(8-7-16)11-3-1-2-4-11/h5-6,9,11H,1-4,7-8H2. The molecule has 1 saturated carbocycles. The van der Waals surface area contributed by atoms with Crippen LogP contribution < -0.4 is 0 Å². The van der Waals surface area contributed by atoms with E-state index in [1.807, 2.05) is 6.07 Å². The summed E-state index contributed by atoms with van der Waals surface area (Å²) in [7, 11) is -3.53. The van der Waals surface area contributed by atoms with Gasteiger partial charge < -0.3 is 0 Å². The average molecular weight is 446 g/mol. The van der Waals surface area contributed by atoms with Gasteiger partial charge >= 0.3 is 0 Å². The molecular weight excluding hydrogens is 429 g/mol. The fraction of sp³-hybridized carbons (Fsp3) is 0.538. The molecule has 1 aromatic carbocycles. The second-order valence-electron chi connectivity index (χ2n) is 4.82. The Hall–Kier alpha value is 0.380. The van der Waals surface area contributed by atoms with E-state index < -0.39 is 10.0 Å². The summed E-state index contributed by atoms with van der Waals surface area (Å²) < 4.78 is 28.7. The molecule has 0 spiro atoms. The zero-order chi connectivity index (χ0) is 14.8. The third-order valence-corrected chi connectivity index (χ3v) is 7.12. The number of nitrogens with zero attached hydrogens (tertiary/aromatic N) is 1. The van der Waals surface area contributed by atoms with Crippen molar-refractivity contribution in [3.8, 4) is 0 Å². The number of benzene rings is 1. The molecular formula is C13H16Br2ClNO2S. The summed E-state index contributed by atoms with van der Waals surface area (Å²) in [6, 6.07) is 5.26. The highest BCUT2D eigenvalue weighted by Gasteiger charge is 2.33. The Morgan fingerprint density at radius 1 is 1.25 bits per heavy atom. The third-order valence-electron chi connectivity index (χ3n) is 3.52. The molecule has 0 atom stereocenters. The Kier molecular flexibility index (Phi) is 5.94. The molecule has 1 aromatic rings. The predicted molar refractivity (Wildman–Crippen MR) is 88.7 cm³/mol. The number of halogens is 3. The van der Waals surface area contributed by atoms with Crippen molar-refractivity contribution in [2.45, 2.75) is 36.6 Å². The molecule has 7 heteroatoms. The summed E-state index contributed by atoms with van der Waals surface area (Å²) in [5, 5.41) is 0. The van der Waals surface area contributed by atoms with E-state index in [0.29, 0.717) is 21.8 Å². The van der Waals surface area contributed by atoms with E-state index in [0.717, 1.165) is 30.2 Å². The van der Waals surface area contributed by atoms with Gasteiger partial charge in [-0.1, -0.05) is 28.8 Å². The molecule has 1 aliphatic carbocycles. The minimum Gasteiger partial charge on any atom is -0.207 e. The van der Waals surface area contributed by atoms with Crippen LogP contribution in [0.2, 0.25) is 0 Å². The molecule has 3 nitrogen and oxygen atoms in total. The van der Waals surface area contributed by atoms with Gasteiger partial charge in [-0.3, -0.25) is 0 Å². The van der Waals surface area contributed by atoms with E-state index in [2.05, 4.69) is 31.9 Å². The zero-order valence-corrected chi connectivity index (χ0v) is 15.6. The van der Waals surface area contributed by atoms with Gasteiger partial charge in [-0.25, -0.2) is 8.42 Å². The van der Waals surface area contributed by atoms with E-state index in [-0.39, 0.29) is 6.04 Å². The van der Waals surface area contributed by atoms with Crippen molar-refractivity contribution in [2.24, 2.45) is 0 Å². The van der Waals surface area contributed by atoms with Gasteiger partial charge in [0, 0.05) is 27.4 Å². The lowest BCUT2D eigenvalue weighted by molar-refractivity contribution is 0.336. The smallest absolute Gasteiger partial charge is 0.207 e. The number of sulfonamides is 1. The second kappa shape index (κ2) is 7.09. The third kappa shape index (κ3) is 3.58. The van der Waals surface area contributed by atoms with Gasteiger partial charge in [0.25, 0.3) is 0 Å². The normalized spacial score (nSPS) is 17.0. The van der Waals surface area contributed by atoms with Gasteiger partial charge in [-0.2, -0.15) is 4.31 Å². The summed E-state index contributed by atoms with van der Waals surface area (Å²) in [6.07, 6.45) is 4.00. The van der Waals surface area contributed by atoms with E-state index in [1.54, 1.807) is 16.4 Å². The molecule has 0 heterocycles. The van der Waals surface area contributed by atoms with Crippen LogP contribution in [0.3, 0.4) is 0 Å². The molecule has 112 valence electrons. The first kappa shape index (κ1) is 16.7. The van der Waals surface area contributed by atoms with Crippen LogP contribution in [-0.4, -0.2) is 31.2 Å². The molecule has 0 unspecified atom stereocenters. The SMILES string of the molecule is O=S(=O)(c1cc(Br)ccc1Br)N(CCCl)C1CCCC1. The molecule has 20 heavy (non-hydrogen) atoms. The predicted octanol–water partition coefficient (Wildman–Crippen LogP) is 4.38. The Balaban J connectivity index is 2.41. The maximum atomic E-state index is 12.9. The van der Waals surface area contributed by atoms with Crippen molar-refractivity contribution in [2.75, 3.05) is 12.4 Å². The van der Waals surface area contributed by atoms with Crippen LogP contribution in [0.15, 0.2) is 32.0 Å². The Morgan fingerprint density at radius 2 is 1.90 bits per heavy atom. The van der Waals surface area contributed by atoms with Crippen molar-refractivity contribution < 1.29 is 8.42 Å². The Morgan fingerprint density at radius 3 is 2.50 bits per heavy atom. The first-order valence-electron chi connectivity index (χ1n) is 6.49. The molecule has 0 saturated heterocycles. The quantitative estimate of drug-likeness (QED) is 0.631. The van der Waals surface area contributed by atoms with Crippen LogP contribution in [-0.2, 0) is 10.0 Å². The average Bonchev–Trinajstić information content (AvgIpc) is 2.92. The van der Waals surface area contributed by atoms with Crippen LogP contribution in [0.4, 0.5) is 0 Å². The van der Waals surface area contributed by atoms with E-state index in [1.165, 1.54) is 0 Å². The van der Waals surface area contributed by atoms with Gasteiger partial charge in [-0.05, 0) is 47.0 Å². The lowest BCUT2D eigenvalue weighted by Gasteiger charge is -2.27. The maximum Gasteiger partial charge on any atom is 0.244 e. The van der Waals surface area contributed by atoms with Crippen molar-refractivity contribution in [3.63, 3.8) is 0 Å². The molecule has 2 rings (SSSR count).